The number of hydrogen-bond donors (Lipinski definition) is 1. The molecule has 116 valence electrons. The molecule has 2 saturated heterocycles. The fourth-order valence-corrected chi connectivity index (χ4v) is 3.76. The monoisotopic (exact) mass is 287 g/mol. The van der Waals surface area contributed by atoms with Gasteiger partial charge in [-0.05, 0) is 44.3 Å². The molecular formula is C18H29N3. The summed E-state index contributed by atoms with van der Waals surface area (Å²) in [5.74, 6) is 0.847. The highest BCUT2D eigenvalue weighted by Gasteiger charge is 2.27. The van der Waals surface area contributed by atoms with Gasteiger partial charge in [0.15, 0.2) is 0 Å². The smallest absolute Gasteiger partial charge is 0.0234 e. The molecule has 1 N–H and O–H groups in total. The molecule has 2 aliphatic rings. The fraction of sp³-hybridized carbons (Fsp3) is 0.667. The second kappa shape index (κ2) is 7.39. The zero-order chi connectivity index (χ0) is 14.5. The molecule has 2 aliphatic heterocycles. The van der Waals surface area contributed by atoms with Gasteiger partial charge in [0, 0.05) is 38.8 Å². The molecule has 0 aliphatic carbocycles. The topological polar surface area (TPSA) is 18.5 Å². The first-order valence-corrected chi connectivity index (χ1v) is 8.54. The first-order chi connectivity index (χ1) is 10.3. The summed E-state index contributed by atoms with van der Waals surface area (Å²) in [6, 6.07) is 11.6. The summed E-state index contributed by atoms with van der Waals surface area (Å²) in [5, 5.41) is 3.56. The SMILES string of the molecule is CC(C1CCCNC1)N1CCN(Cc2ccccc2)CC1. The van der Waals surface area contributed by atoms with Crippen molar-refractivity contribution in [1.29, 1.82) is 0 Å². The van der Waals surface area contributed by atoms with Crippen molar-refractivity contribution in [3.05, 3.63) is 35.9 Å². The predicted molar refractivity (Wildman–Crippen MR) is 88.3 cm³/mol. The predicted octanol–water partition coefficient (Wildman–Crippen LogP) is 2.19. The lowest BCUT2D eigenvalue weighted by atomic mass is 9.91. The average molecular weight is 287 g/mol. The summed E-state index contributed by atoms with van der Waals surface area (Å²) in [6.07, 6.45) is 2.75. The summed E-state index contributed by atoms with van der Waals surface area (Å²) >= 11 is 0. The van der Waals surface area contributed by atoms with Gasteiger partial charge >= 0.3 is 0 Å². The first-order valence-electron chi connectivity index (χ1n) is 8.54. The molecule has 3 heteroatoms. The minimum Gasteiger partial charge on any atom is -0.316 e. The van der Waals surface area contributed by atoms with Crippen LogP contribution in [-0.4, -0.2) is 55.1 Å². The van der Waals surface area contributed by atoms with E-state index in [1.807, 2.05) is 0 Å². The van der Waals surface area contributed by atoms with Crippen LogP contribution < -0.4 is 5.32 Å². The standard InChI is InChI=1S/C18H29N3/c1-16(18-8-5-9-19-14-18)21-12-10-20(11-13-21)15-17-6-3-2-4-7-17/h2-4,6-7,16,18-19H,5,8-15H2,1H3. The minimum absolute atomic E-state index is 0.733. The molecule has 0 aromatic heterocycles. The third kappa shape index (κ3) is 4.06. The summed E-state index contributed by atoms with van der Waals surface area (Å²) in [6.45, 7) is 10.8. The molecule has 3 rings (SSSR count). The highest BCUT2D eigenvalue weighted by Crippen LogP contribution is 2.20. The van der Waals surface area contributed by atoms with Crippen LogP contribution in [0.2, 0.25) is 0 Å². The fourth-order valence-electron chi connectivity index (χ4n) is 3.76. The van der Waals surface area contributed by atoms with Gasteiger partial charge in [0.1, 0.15) is 0 Å². The zero-order valence-corrected chi connectivity index (χ0v) is 13.3. The number of nitrogens with zero attached hydrogens (tertiary/aromatic N) is 2. The van der Waals surface area contributed by atoms with E-state index in [1.165, 1.54) is 57.7 Å². The first kappa shape index (κ1) is 15.0. The number of piperazine rings is 1. The molecular weight excluding hydrogens is 258 g/mol. The van der Waals surface area contributed by atoms with Gasteiger partial charge in [-0.1, -0.05) is 30.3 Å². The summed E-state index contributed by atoms with van der Waals surface area (Å²) in [5.41, 5.74) is 1.44. The van der Waals surface area contributed by atoms with Crippen LogP contribution in [0.4, 0.5) is 0 Å². The van der Waals surface area contributed by atoms with E-state index in [0.29, 0.717) is 0 Å². The third-order valence-corrected chi connectivity index (χ3v) is 5.25. The maximum absolute atomic E-state index is 3.56. The van der Waals surface area contributed by atoms with E-state index < -0.39 is 0 Å². The third-order valence-electron chi connectivity index (χ3n) is 5.25. The van der Waals surface area contributed by atoms with Crippen LogP contribution in [0.25, 0.3) is 0 Å². The van der Waals surface area contributed by atoms with E-state index in [0.717, 1.165) is 18.5 Å². The van der Waals surface area contributed by atoms with Crippen molar-refractivity contribution in [2.24, 2.45) is 5.92 Å². The Bertz CT molecular complexity index is 406. The maximum atomic E-state index is 3.56. The van der Waals surface area contributed by atoms with E-state index in [-0.39, 0.29) is 0 Å². The van der Waals surface area contributed by atoms with Gasteiger partial charge in [0.25, 0.3) is 0 Å². The van der Waals surface area contributed by atoms with Gasteiger partial charge in [0.05, 0.1) is 0 Å². The quantitative estimate of drug-likeness (QED) is 0.916. The van der Waals surface area contributed by atoms with Crippen LogP contribution in [0.3, 0.4) is 0 Å². The molecule has 0 amide bonds. The van der Waals surface area contributed by atoms with Gasteiger partial charge in [0.2, 0.25) is 0 Å². The maximum Gasteiger partial charge on any atom is 0.0234 e. The van der Waals surface area contributed by atoms with E-state index in [4.69, 9.17) is 0 Å². The largest absolute Gasteiger partial charge is 0.316 e. The Hall–Kier alpha value is -0.900. The van der Waals surface area contributed by atoms with E-state index >= 15 is 0 Å². The van der Waals surface area contributed by atoms with Crippen molar-refractivity contribution in [1.82, 2.24) is 15.1 Å². The molecule has 3 nitrogen and oxygen atoms in total. The van der Waals surface area contributed by atoms with Crippen LogP contribution in [0, 0.1) is 5.92 Å². The number of benzene rings is 1. The summed E-state index contributed by atoms with van der Waals surface area (Å²) < 4.78 is 0. The molecule has 2 fully saturated rings. The Kier molecular flexibility index (Phi) is 5.28. The van der Waals surface area contributed by atoms with Gasteiger partial charge in [-0.25, -0.2) is 0 Å². The van der Waals surface area contributed by atoms with Crippen molar-refractivity contribution in [3.8, 4) is 0 Å². The van der Waals surface area contributed by atoms with Gasteiger partial charge in [-0.3, -0.25) is 9.80 Å². The van der Waals surface area contributed by atoms with E-state index in [1.54, 1.807) is 0 Å². The van der Waals surface area contributed by atoms with Crippen molar-refractivity contribution >= 4 is 0 Å². The highest BCUT2D eigenvalue weighted by atomic mass is 15.3. The molecule has 2 atom stereocenters. The zero-order valence-electron chi connectivity index (χ0n) is 13.3. The van der Waals surface area contributed by atoms with Crippen molar-refractivity contribution in [3.63, 3.8) is 0 Å². The van der Waals surface area contributed by atoms with Gasteiger partial charge < -0.3 is 5.32 Å². The van der Waals surface area contributed by atoms with Crippen molar-refractivity contribution < 1.29 is 0 Å². The van der Waals surface area contributed by atoms with E-state index in [2.05, 4.69) is 52.4 Å². The minimum atomic E-state index is 0.733. The van der Waals surface area contributed by atoms with Crippen LogP contribution in [0.15, 0.2) is 30.3 Å². The Morgan fingerprint density at radius 1 is 1.14 bits per heavy atom. The van der Waals surface area contributed by atoms with Crippen LogP contribution >= 0.6 is 0 Å². The Labute approximate surface area is 129 Å². The normalized spacial score (nSPS) is 26.6. The second-order valence-electron chi connectivity index (χ2n) is 6.64. The van der Waals surface area contributed by atoms with Crippen LogP contribution in [-0.2, 0) is 6.54 Å². The number of hydrogen-bond acceptors (Lipinski definition) is 3. The van der Waals surface area contributed by atoms with Crippen molar-refractivity contribution in [2.45, 2.75) is 32.4 Å². The summed E-state index contributed by atoms with van der Waals surface area (Å²) in [7, 11) is 0. The van der Waals surface area contributed by atoms with Crippen LogP contribution in [0.5, 0.6) is 0 Å². The Morgan fingerprint density at radius 3 is 2.57 bits per heavy atom. The second-order valence-corrected chi connectivity index (χ2v) is 6.64. The Morgan fingerprint density at radius 2 is 1.90 bits per heavy atom. The molecule has 2 heterocycles. The number of piperidine rings is 1. The highest BCUT2D eigenvalue weighted by molar-refractivity contribution is 5.14. The summed E-state index contributed by atoms with van der Waals surface area (Å²) in [4.78, 5) is 5.30. The lowest BCUT2D eigenvalue weighted by Gasteiger charge is -2.42. The number of nitrogens with one attached hydrogen (secondary N) is 1. The molecule has 2 unspecified atom stereocenters. The molecule has 21 heavy (non-hydrogen) atoms. The molecule has 1 aromatic carbocycles. The number of rotatable bonds is 4. The van der Waals surface area contributed by atoms with Gasteiger partial charge in [-0.15, -0.1) is 0 Å². The lowest BCUT2D eigenvalue weighted by Crippen LogP contribution is -2.53. The van der Waals surface area contributed by atoms with E-state index in [9.17, 15) is 0 Å². The lowest BCUT2D eigenvalue weighted by molar-refractivity contribution is 0.0671. The molecule has 0 spiro atoms. The molecule has 0 bridgehead atoms. The molecule has 0 saturated carbocycles. The molecule has 0 radical (unpaired) electrons. The van der Waals surface area contributed by atoms with Crippen molar-refractivity contribution in [2.75, 3.05) is 39.3 Å². The Balaban J connectivity index is 1.46. The molecule has 1 aromatic rings. The van der Waals surface area contributed by atoms with Gasteiger partial charge in [-0.2, -0.15) is 0 Å². The average Bonchev–Trinajstić information content (AvgIpc) is 2.57. The van der Waals surface area contributed by atoms with Crippen LogP contribution in [0.1, 0.15) is 25.3 Å².